The third-order valence-corrected chi connectivity index (χ3v) is 4.81. The van der Waals surface area contributed by atoms with Crippen molar-refractivity contribution in [3.8, 4) is 5.75 Å². The third kappa shape index (κ3) is 6.46. The maximum absolute atomic E-state index is 12.3. The van der Waals surface area contributed by atoms with Crippen LogP contribution in [0.4, 0.5) is 5.69 Å². The Labute approximate surface area is 197 Å². The molecule has 0 fully saturated rings. The molecular formula is C21H16Cl3N3O5. The summed E-state index contributed by atoms with van der Waals surface area (Å²) < 4.78 is 11.6. The fourth-order valence-electron chi connectivity index (χ4n) is 2.53. The van der Waals surface area contributed by atoms with Crippen LogP contribution >= 0.6 is 34.8 Å². The van der Waals surface area contributed by atoms with Crippen LogP contribution in [0.3, 0.4) is 0 Å². The summed E-state index contributed by atoms with van der Waals surface area (Å²) in [6.45, 7) is -0.338. The number of aromatic nitrogens is 2. The predicted molar refractivity (Wildman–Crippen MR) is 121 cm³/mol. The van der Waals surface area contributed by atoms with Crippen LogP contribution in [0.5, 0.6) is 5.75 Å². The fourth-order valence-corrected chi connectivity index (χ4v) is 3.44. The monoisotopic (exact) mass is 495 g/mol. The number of hydrogen-bond donors (Lipinski definition) is 1. The molecule has 3 aromatic rings. The molecule has 0 saturated heterocycles. The number of hydrogen-bond acceptors (Lipinski definition) is 6. The molecular weight excluding hydrogens is 481 g/mol. The van der Waals surface area contributed by atoms with Crippen LogP contribution in [-0.2, 0) is 16.1 Å². The lowest BCUT2D eigenvalue weighted by Gasteiger charge is -2.11. The van der Waals surface area contributed by atoms with Gasteiger partial charge in [0.15, 0.2) is 12.3 Å². The van der Waals surface area contributed by atoms with Crippen molar-refractivity contribution < 1.29 is 19.1 Å². The Bertz CT molecular complexity index is 1160. The van der Waals surface area contributed by atoms with Crippen LogP contribution in [-0.4, -0.2) is 34.9 Å². The quantitative estimate of drug-likeness (QED) is 0.472. The molecule has 0 bridgehead atoms. The molecule has 166 valence electrons. The van der Waals surface area contributed by atoms with Crippen LogP contribution in [0, 0.1) is 0 Å². The summed E-state index contributed by atoms with van der Waals surface area (Å²) in [5, 5.41) is 6.98. The number of carbonyl (C=O) groups excluding carboxylic acids is 2. The maximum atomic E-state index is 12.3. The molecule has 3 rings (SSSR count). The molecule has 2 aromatic carbocycles. The van der Waals surface area contributed by atoms with Gasteiger partial charge in [-0.05, 0) is 30.3 Å². The van der Waals surface area contributed by atoms with Crippen LogP contribution in [0.2, 0.25) is 15.1 Å². The minimum atomic E-state index is -0.883. The van der Waals surface area contributed by atoms with Gasteiger partial charge in [0.05, 0.1) is 22.3 Å². The van der Waals surface area contributed by atoms with Gasteiger partial charge < -0.3 is 14.8 Å². The van der Waals surface area contributed by atoms with E-state index >= 15 is 0 Å². The largest absolute Gasteiger partial charge is 0.492 e. The highest BCUT2D eigenvalue weighted by Gasteiger charge is 2.16. The number of para-hydroxylation sites is 1. The zero-order chi connectivity index (χ0) is 23.1. The Morgan fingerprint density at radius 2 is 1.69 bits per heavy atom. The van der Waals surface area contributed by atoms with Gasteiger partial charge in [-0.2, -0.15) is 5.10 Å². The van der Waals surface area contributed by atoms with Crippen molar-refractivity contribution in [2.24, 2.45) is 0 Å². The summed E-state index contributed by atoms with van der Waals surface area (Å²) in [7, 11) is 0. The second-order valence-electron chi connectivity index (χ2n) is 6.31. The molecule has 0 aliphatic heterocycles. The van der Waals surface area contributed by atoms with E-state index in [1.807, 2.05) is 18.2 Å². The summed E-state index contributed by atoms with van der Waals surface area (Å²) in [4.78, 5) is 36.3. The smallest absolute Gasteiger partial charge is 0.359 e. The standard InChI is InChI=1S/C21H16Cl3N3O5/c22-13-10-15(23)20(16(24)11-13)25-18(28)12-32-21(30)17-6-7-19(29)27(26-17)8-9-31-14-4-2-1-3-5-14/h1-7,10-11H,8-9,12H2,(H,25,28). The Morgan fingerprint density at radius 1 is 1.00 bits per heavy atom. The second-order valence-corrected chi connectivity index (χ2v) is 7.56. The Hall–Kier alpha value is -3.07. The molecule has 32 heavy (non-hydrogen) atoms. The first kappa shape index (κ1) is 23.6. The van der Waals surface area contributed by atoms with E-state index in [1.165, 1.54) is 24.3 Å². The number of nitrogens with one attached hydrogen (secondary N) is 1. The van der Waals surface area contributed by atoms with Gasteiger partial charge in [-0.3, -0.25) is 9.59 Å². The number of esters is 1. The van der Waals surface area contributed by atoms with Gasteiger partial charge in [0.2, 0.25) is 0 Å². The van der Waals surface area contributed by atoms with Crippen molar-refractivity contribution in [2.75, 3.05) is 18.5 Å². The lowest BCUT2D eigenvalue weighted by molar-refractivity contribution is -0.119. The molecule has 0 spiro atoms. The molecule has 0 saturated carbocycles. The highest BCUT2D eigenvalue weighted by molar-refractivity contribution is 6.42. The van der Waals surface area contributed by atoms with Crippen molar-refractivity contribution >= 4 is 52.4 Å². The van der Waals surface area contributed by atoms with E-state index in [-0.39, 0.29) is 34.6 Å². The summed E-state index contributed by atoms with van der Waals surface area (Å²) in [6, 6.07) is 14.3. The number of ether oxygens (including phenoxy) is 2. The molecule has 11 heteroatoms. The average molecular weight is 497 g/mol. The normalized spacial score (nSPS) is 10.5. The molecule has 0 unspecified atom stereocenters. The zero-order valence-corrected chi connectivity index (χ0v) is 18.7. The van der Waals surface area contributed by atoms with Crippen LogP contribution in [0.1, 0.15) is 10.5 Å². The van der Waals surface area contributed by atoms with Gasteiger partial charge in [0, 0.05) is 11.1 Å². The lowest BCUT2D eigenvalue weighted by atomic mass is 10.3. The second kappa shape index (κ2) is 11.0. The number of carbonyl (C=O) groups is 2. The van der Waals surface area contributed by atoms with Gasteiger partial charge in [0.1, 0.15) is 12.4 Å². The highest BCUT2D eigenvalue weighted by Crippen LogP contribution is 2.33. The van der Waals surface area contributed by atoms with Gasteiger partial charge in [0.25, 0.3) is 11.5 Å². The zero-order valence-electron chi connectivity index (χ0n) is 16.4. The number of rotatable bonds is 8. The Balaban J connectivity index is 1.56. The fraction of sp³-hybridized carbons (Fsp3) is 0.143. The molecule has 0 aliphatic carbocycles. The summed E-state index contributed by atoms with van der Waals surface area (Å²) in [6.07, 6.45) is 0. The van der Waals surface area contributed by atoms with Crippen molar-refractivity contribution in [3.05, 3.63) is 85.7 Å². The number of benzene rings is 2. The van der Waals surface area contributed by atoms with E-state index in [1.54, 1.807) is 12.1 Å². The average Bonchev–Trinajstić information content (AvgIpc) is 2.76. The third-order valence-electron chi connectivity index (χ3n) is 4.00. The number of nitrogens with zero attached hydrogens (tertiary/aromatic N) is 2. The minimum absolute atomic E-state index is 0.114. The van der Waals surface area contributed by atoms with E-state index in [9.17, 15) is 14.4 Å². The first-order valence-corrected chi connectivity index (χ1v) is 10.3. The molecule has 1 N–H and O–H groups in total. The summed E-state index contributed by atoms with van der Waals surface area (Å²) in [5.41, 5.74) is -0.411. The van der Waals surface area contributed by atoms with E-state index in [0.29, 0.717) is 10.8 Å². The van der Waals surface area contributed by atoms with Crippen LogP contribution < -0.4 is 15.6 Å². The van der Waals surface area contributed by atoms with Crippen molar-refractivity contribution in [1.82, 2.24) is 9.78 Å². The lowest BCUT2D eigenvalue weighted by Crippen LogP contribution is -2.28. The van der Waals surface area contributed by atoms with E-state index in [4.69, 9.17) is 44.3 Å². The minimum Gasteiger partial charge on any atom is -0.492 e. The van der Waals surface area contributed by atoms with Crippen LogP contribution in [0.25, 0.3) is 0 Å². The summed E-state index contributed by atoms with van der Waals surface area (Å²) in [5.74, 6) is -0.914. The topological polar surface area (TPSA) is 99.5 Å². The number of anilines is 1. The Morgan fingerprint density at radius 3 is 2.38 bits per heavy atom. The molecule has 0 aliphatic rings. The molecule has 0 atom stereocenters. The predicted octanol–water partition coefficient (Wildman–Crippen LogP) is 4.08. The van der Waals surface area contributed by atoms with E-state index in [0.717, 1.165) is 4.68 Å². The molecule has 1 heterocycles. The maximum Gasteiger partial charge on any atom is 0.359 e. The first-order chi connectivity index (χ1) is 15.3. The molecule has 1 aromatic heterocycles. The van der Waals surface area contributed by atoms with Crippen molar-refractivity contribution in [1.29, 1.82) is 0 Å². The highest BCUT2D eigenvalue weighted by atomic mass is 35.5. The van der Waals surface area contributed by atoms with Gasteiger partial charge in [-0.25, -0.2) is 9.48 Å². The number of halogens is 3. The van der Waals surface area contributed by atoms with Gasteiger partial charge in [-0.1, -0.05) is 53.0 Å². The SMILES string of the molecule is O=C(COC(=O)c1ccc(=O)n(CCOc2ccccc2)n1)Nc1c(Cl)cc(Cl)cc1Cl. The van der Waals surface area contributed by atoms with E-state index in [2.05, 4.69) is 10.4 Å². The van der Waals surface area contributed by atoms with E-state index < -0.39 is 24.0 Å². The van der Waals surface area contributed by atoms with Crippen molar-refractivity contribution in [2.45, 2.75) is 6.54 Å². The first-order valence-electron chi connectivity index (χ1n) is 9.21. The van der Waals surface area contributed by atoms with Gasteiger partial charge >= 0.3 is 5.97 Å². The van der Waals surface area contributed by atoms with Crippen LogP contribution in [0.15, 0.2) is 59.4 Å². The molecule has 0 radical (unpaired) electrons. The summed E-state index contributed by atoms with van der Waals surface area (Å²) >= 11 is 17.8. The van der Waals surface area contributed by atoms with Crippen molar-refractivity contribution in [3.63, 3.8) is 0 Å². The molecule has 8 nitrogen and oxygen atoms in total. The molecule has 1 amide bonds. The Kier molecular flexibility index (Phi) is 8.10. The van der Waals surface area contributed by atoms with Gasteiger partial charge in [-0.15, -0.1) is 0 Å². The number of amides is 1.